The predicted octanol–water partition coefficient (Wildman–Crippen LogP) is 2.20. The van der Waals surface area contributed by atoms with E-state index in [1.165, 1.54) is 6.07 Å². The molecule has 3 nitrogen and oxygen atoms in total. The van der Waals surface area contributed by atoms with Crippen LogP contribution >= 0.6 is 0 Å². The molecule has 1 aromatic rings. The molecule has 19 heavy (non-hydrogen) atoms. The van der Waals surface area contributed by atoms with Gasteiger partial charge < -0.3 is 9.47 Å². The Labute approximate surface area is 113 Å². The lowest BCUT2D eigenvalue weighted by molar-refractivity contribution is -0.106. The molecule has 3 rings (SSSR count). The van der Waals surface area contributed by atoms with E-state index in [-0.39, 0.29) is 18.0 Å². The molecule has 0 unspecified atom stereocenters. The molecule has 0 radical (unpaired) electrons. The van der Waals surface area contributed by atoms with Crippen molar-refractivity contribution in [1.29, 1.82) is 0 Å². The first-order valence-electron chi connectivity index (χ1n) is 6.91. The first-order valence-corrected chi connectivity index (χ1v) is 6.91. The van der Waals surface area contributed by atoms with E-state index in [9.17, 15) is 4.39 Å². The second-order valence-corrected chi connectivity index (χ2v) is 5.35. The molecule has 1 aromatic carbocycles. The maximum Gasteiger partial charge on any atom is 0.123 e. The van der Waals surface area contributed by atoms with Crippen LogP contribution in [0.25, 0.3) is 0 Å². The molecule has 0 aromatic heterocycles. The molecule has 1 aliphatic heterocycles. The lowest BCUT2D eigenvalue weighted by Crippen LogP contribution is -2.51. The van der Waals surface area contributed by atoms with E-state index in [0.29, 0.717) is 6.04 Å². The molecular formula is C15H20FNO2. The molecule has 1 saturated carbocycles. The van der Waals surface area contributed by atoms with Gasteiger partial charge in [0.2, 0.25) is 0 Å². The number of benzene rings is 1. The molecule has 3 atom stereocenters. The summed E-state index contributed by atoms with van der Waals surface area (Å²) in [6.45, 7) is 2.43. The van der Waals surface area contributed by atoms with Gasteiger partial charge in [0.25, 0.3) is 0 Å². The second kappa shape index (κ2) is 5.57. The lowest BCUT2D eigenvalue weighted by atomic mass is 10.1. The van der Waals surface area contributed by atoms with Gasteiger partial charge in [0, 0.05) is 26.2 Å². The highest BCUT2D eigenvalue weighted by molar-refractivity contribution is 5.16. The molecule has 0 spiro atoms. The van der Waals surface area contributed by atoms with E-state index in [4.69, 9.17) is 9.47 Å². The number of halogens is 1. The van der Waals surface area contributed by atoms with E-state index in [1.54, 1.807) is 19.2 Å². The summed E-state index contributed by atoms with van der Waals surface area (Å²) in [5.74, 6) is -0.163. The minimum Gasteiger partial charge on any atom is -0.379 e. The summed E-state index contributed by atoms with van der Waals surface area (Å²) in [6, 6.07) is 7.27. The van der Waals surface area contributed by atoms with Crippen LogP contribution in [0, 0.1) is 5.82 Å². The van der Waals surface area contributed by atoms with Gasteiger partial charge in [0.1, 0.15) is 5.82 Å². The molecule has 2 aliphatic rings. The third kappa shape index (κ3) is 2.66. The van der Waals surface area contributed by atoms with Crippen LogP contribution < -0.4 is 0 Å². The van der Waals surface area contributed by atoms with Gasteiger partial charge in [-0.2, -0.15) is 0 Å². The molecule has 1 saturated heterocycles. The third-order valence-electron chi connectivity index (χ3n) is 4.23. The number of nitrogens with zero attached hydrogens (tertiary/aromatic N) is 1. The molecule has 4 heteroatoms. The Morgan fingerprint density at radius 3 is 3.11 bits per heavy atom. The van der Waals surface area contributed by atoms with Crippen molar-refractivity contribution < 1.29 is 13.9 Å². The van der Waals surface area contributed by atoms with E-state index in [0.717, 1.165) is 38.1 Å². The van der Waals surface area contributed by atoms with Crippen molar-refractivity contribution in [2.24, 2.45) is 0 Å². The average molecular weight is 265 g/mol. The highest BCUT2D eigenvalue weighted by Gasteiger charge is 2.42. The SMILES string of the molecule is CO[C@@H]1CC[C@H]2[C@H]1OCCN2Cc1cccc(F)c1. The molecule has 2 fully saturated rings. The number of hydrogen-bond acceptors (Lipinski definition) is 3. The summed E-state index contributed by atoms with van der Waals surface area (Å²) < 4.78 is 24.6. The van der Waals surface area contributed by atoms with Crippen molar-refractivity contribution in [1.82, 2.24) is 4.90 Å². The zero-order valence-electron chi connectivity index (χ0n) is 11.2. The Kier molecular flexibility index (Phi) is 3.82. The zero-order chi connectivity index (χ0) is 13.2. The highest BCUT2D eigenvalue weighted by atomic mass is 19.1. The van der Waals surface area contributed by atoms with Gasteiger partial charge in [-0.15, -0.1) is 0 Å². The highest BCUT2D eigenvalue weighted by Crippen LogP contribution is 2.32. The number of rotatable bonds is 3. The molecule has 0 bridgehead atoms. The number of methoxy groups -OCH3 is 1. The first kappa shape index (κ1) is 13.0. The summed E-state index contributed by atoms with van der Waals surface area (Å²) in [5.41, 5.74) is 1.03. The monoisotopic (exact) mass is 265 g/mol. The number of fused-ring (bicyclic) bond motifs is 1. The summed E-state index contributed by atoms with van der Waals surface area (Å²) in [7, 11) is 1.75. The van der Waals surface area contributed by atoms with Gasteiger partial charge in [0.15, 0.2) is 0 Å². The Balaban J connectivity index is 1.71. The van der Waals surface area contributed by atoms with E-state index < -0.39 is 0 Å². The third-order valence-corrected chi connectivity index (χ3v) is 4.23. The van der Waals surface area contributed by atoms with Gasteiger partial charge in [0.05, 0.1) is 18.8 Å². The Morgan fingerprint density at radius 2 is 2.32 bits per heavy atom. The largest absolute Gasteiger partial charge is 0.379 e. The van der Waals surface area contributed by atoms with Crippen LogP contribution in [0.5, 0.6) is 0 Å². The lowest BCUT2D eigenvalue weighted by Gasteiger charge is -2.38. The van der Waals surface area contributed by atoms with Crippen molar-refractivity contribution in [2.45, 2.75) is 37.6 Å². The Hall–Kier alpha value is -0.970. The van der Waals surface area contributed by atoms with Gasteiger partial charge in [-0.05, 0) is 30.5 Å². The first-order chi connectivity index (χ1) is 9.28. The fraction of sp³-hybridized carbons (Fsp3) is 0.600. The second-order valence-electron chi connectivity index (χ2n) is 5.35. The topological polar surface area (TPSA) is 21.7 Å². The fourth-order valence-electron chi connectivity index (χ4n) is 3.31. The summed E-state index contributed by atoms with van der Waals surface area (Å²) in [5, 5.41) is 0. The molecule has 1 heterocycles. The maximum atomic E-state index is 13.2. The van der Waals surface area contributed by atoms with Crippen LogP contribution in [-0.2, 0) is 16.0 Å². The van der Waals surface area contributed by atoms with Gasteiger partial charge in [-0.25, -0.2) is 4.39 Å². The molecular weight excluding hydrogens is 245 g/mol. The van der Waals surface area contributed by atoms with Crippen molar-refractivity contribution in [3.05, 3.63) is 35.6 Å². The molecule has 0 amide bonds. The van der Waals surface area contributed by atoms with Crippen molar-refractivity contribution in [3.8, 4) is 0 Å². The van der Waals surface area contributed by atoms with Crippen LogP contribution in [0.3, 0.4) is 0 Å². The quantitative estimate of drug-likeness (QED) is 0.836. The van der Waals surface area contributed by atoms with Crippen LogP contribution in [0.15, 0.2) is 24.3 Å². The zero-order valence-corrected chi connectivity index (χ0v) is 11.2. The minimum atomic E-state index is -0.163. The van der Waals surface area contributed by atoms with Crippen LogP contribution in [0.1, 0.15) is 18.4 Å². The van der Waals surface area contributed by atoms with E-state index in [1.807, 2.05) is 6.07 Å². The van der Waals surface area contributed by atoms with E-state index in [2.05, 4.69) is 4.90 Å². The van der Waals surface area contributed by atoms with Crippen molar-refractivity contribution in [3.63, 3.8) is 0 Å². The maximum absolute atomic E-state index is 13.2. The number of ether oxygens (including phenoxy) is 2. The summed E-state index contributed by atoms with van der Waals surface area (Å²) in [4.78, 5) is 2.40. The number of hydrogen-bond donors (Lipinski definition) is 0. The minimum absolute atomic E-state index is 0.163. The average Bonchev–Trinajstić information content (AvgIpc) is 2.83. The van der Waals surface area contributed by atoms with Gasteiger partial charge in [-0.3, -0.25) is 4.90 Å². The van der Waals surface area contributed by atoms with Gasteiger partial charge >= 0.3 is 0 Å². The fourth-order valence-corrected chi connectivity index (χ4v) is 3.31. The normalized spacial score (nSPS) is 31.4. The van der Waals surface area contributed by atoms with Crippen molar-refractivity contribution in [2.75, 3.05) is 20.3 Å². The molecule has 0 N–H and O–H groups in total. The Bertz CT molecular complexity index is 440. The standard InChI is InChI=1S/C15H20FNO2/c1-18-14-6-5-13-15(14)19-8-7-17(13)10-11-3-2-4-12(16)9-11/h2-4,9,13-15H,5-8,10H2,1H3/t13-,14+,15+/m0/s1. The molecule has 104 valence electrons. The predicted molar refractivity (Wildman–Crippen MR) is 70.4 cm³/mol. The Morgan fingerprint density at radius 1 is 1.42 bits per heavy atom. The summed E-state index contributed by atoms with van der Waals surface area (Å²) in [6.07, 6.45) is 2.52. The van der Waals surface area contributed by atoms with Gasteiger partial charge in [-0.1, -0.05) is 12.1 Å². The van der Waals surface area contributed by atoms with E-state index >= 15 is 0 Å². The molecule has 1 aliphatic carbocycles. The smallest absolute Gasteiger partial charge is 0.123 e. The van der Waals surface area contributed by atoms with Crippen LogP contribution in [0.4, 0.5) is 4.39 Å². The number of morpholine rings is 1. The van der Waals surface area contributed by atoms with Crippen LogP contribution in [0.2, 0.25) is 0 Å². The summed E-state index contributed by atoms with van der Waals surface area (Å²) >= 11 is 0. The van der Waals surface area contributed by atoms with Crippen molar-refractivity contribution >= 4 is 0 Å². The van der Waals surface area contributed by atoms with Crippen LogP contribution in [-0.4, -0.2) is 43.4 Å².